The maximum absolute atomic E-state index is 13.2. The van der Waals surface area contributed by atoms with E-state index in [1.807, 2.05) is 84.2 Å². The maximum Gasteiger partial charge on any atom is 0.491 e. The van der Waals surface area contributed by atoms with E-state index >= 15 is 0 Å². The summed E-state index contributed by atoms with van der Waals surface area (Å²) in [6.07, 6.45) is -3.78. The van der Waals surface area contributed by atoms with Crippen LogP contribution in [0.5, 0.6) is 5.88 Å². The Morgan fingerprint density at radius 2 is 1.65 bits per heavy atom. The highest BCUT2D eigenvalue weighted by Gasteiger charge is 2.42. The highest BCUT2D eigenvalue weighted by molar-refractivity contribution is 7.17. The number of carbonyl (C=O) groups excluding carboxylic acids is 1. The molecule has 3 heterocycles. The summed E-state index contributed by atoms with van der Waals surface area (Å²) in [6, 6.07) is 26.5. The van der Waals surface area contributed by atoms with Crippen molar-refractivity contribution >= 4 is 38.3 Å². The predicted octanol–water partition coefficient (Wildman–Crippen LogP) is 7.77. The standard InChI is InChI=1S/C31H20F3N3O2S/c32-31(33,34)30(38)39-29-24-15-23(19-5-2-1-3-6-19)26(20-11-9-18(16-35)10-12-20)37-27(24)25(17-36-29)22-8-4-7-21-13-14-40-28(21)22/h1-15,17H,16,35H2. The molecule has 198 valence electrons. The van der Waals surface area contributed by atoms with Crippen molar-refractivity contribution in [3.05, 3.63) is 102 Å². The number of alkyl halides is 3. The molecule has 40 heavy (non-hydrogen) atoms. The molecule has 0 amide bonds. The van der Waals surface area contributed by atoms with Crippen molar-refractivity contribution in [2.45, 2.75) is 12.7 Å². The van der Waals surface area contributed by atoms with E-state index in [0.29, 0.717) is 28.9 Å². The van der Waals surface area contributed by atoms with E-state index in [1.54, 1.807) is 6.07 Å². The van der Waals surface area contributed by atoms with E-state index in [-0.39, 0.29) is 5.39 Å². The summed E-state index contributed by atoms with van der Waals surface area (Å²) < 4.78 is 45.3. The van der Waals surface area contributed by atoms with Gasteiger partial charge in [0.25, 0.3) is 0 Å². The SMILES string of the molecule is NCc1ccc(-c2nc3c(-c4cccc5ccsc45)cnc(OC(=O)C(F)(F)F)c3cc2-c2ccccc2)cc1. The van der Waals surface area contributed by atoms with Gasteiger partial charge < -0.3 is 10.5 Å². The average Bonchev–Trinajstić information content (AvgIpc) is 3.46. The Hall–Kier alpha value is -4.60. The Morgan fingerprint density at radius 3 is 2.38 bits per heavy atom. The average molecular weight is 556 g/mol. The molecule has 0 aliphatic heterocycles. The van der Waals surface area contributed by atoms with Crippen LogP contribution in [0.2, 0.25) is 0 Å². The number of hydrogen-bond acceptors (Lipinski definition) is 6. The molecule has 9 heteroatoms. The monoisotopic (exact) mass is 555 g/mol. The van der Waals surface area contributed by atoms with Crippen LogP contribution in [0.1, 0.15) is 5.56 Å². The van der Waals surface area contributed by atoms with Gasteiger partial charge in [0.1, 0.15) is 0 Å². The molecule has 0 aliphatic rings. The summed E-state index contributed by atoms with van der Waals surface area (Å²) >= 11 is 1.54. The number of thiophene rings is 1. The van der Waals surface area contributed by atoms with E-state index in [1.165, 1.54) is 17.5 Å². The van der Waals surface area contributed by atoms with Crippen molar-refractivity contribution in [1.82, 2.24) is 9.97 Å². The number of benzene rings is 3. The van der Waals surface area contributed by atoms with Gasteiger partial charge in [-0.15, -0.1) is 11.3 Å². The van der Waals surface area contributed by atoms with E-state index in [9.17, 15) is 18.0 Å². The molecule has 6 aromatic rings. The first-order valence-corrected chi connectivity index (χ1v) is 13.2. The lowest BCUT2D eigenvalue weighted by Gasteiger charge is -2.16. The first kappa shape index (κ1) is 25.7. The van der Waals surface area contributed by atoms with Crippen LogP contribution in [-0.2, 0) is 11.3 Å². The van der Waals surface area contributed by atoms with Crippen LogP contribution in [0, 0.1) is 0 Å². The van der Waals surface area contributed by atoms with Crippen LogP contribution in [0.4, 0.5) is 13.2 Å². The van der Waals surface area contributed by atoms with Gasteiger partial charge in [-0.3, -0.25) is 0 Å². The number of rotatable bonds is 5. The number of halogens is 3. The van der Waals surface area contributed by atoms with Crippen molar-refractivity contribution in [2.24, 2.45) is 5.73 Å². The fourth-order valence-corrected chi connectivity index (χ4v) is 5.55. The molecule has 0 atom stereocenters. The van der Waals surface area contributed by atoms with Gasteiger partial charge in [-0.1, -0.05) is 72.8 Å². The molecular formula is C31H20F3N3O2S. The molecular weight excluding hydrogens is 535 g/mol. The van der Waals surface area contributed by atoms with Crippen LogP contribution in [-0.4, -0.2) is 22.1 Å². The number of esters is 1. The normalized spacial score (nSPS) is 11.7. The predicted molar refractivity (Wildman–Crippen MR) is 151 cm³/mol. The molecule has 6 rings (SSSR count). The number of ether oxygens (including phenoxy) is 1. The Labute approximate surface area is 230 Å². The van der Waals surface area contributed by atoms with Crippen LogP contribution < -0.4 is 10.5 Å². The van der Waals surface area contributed by atoms with E-state index in [0.717, 1.165) is 32.3 Å². The Bertz CT molecular complexity index is 1870. The number of nitrogens with two attached hydrogens (primary N) is 1. The first-order chi connectivity index (χ1) is 19.3. The van der Waals surface area contributed by atoms with Gasteiger partial charge in [-0.05, 0) is 34.0 Å². The lowest BCUT2D eigenvalue weighted by Crippen LogP contribution is -2.28. The molecule has 0 spiro atoms. The highest BCUT2D eigenvalue weighted by atomic mass is 32.1. The minimum Gasteiger partial charge on any atom is -0.400 e. The third-order valence-corrected chi connectivity index (χ3v) is 7.52. The number of nitrogens with zero attached hydrogens (tertiary/aromatic N) is 2. The van der Waals surface area contributed by atoms with Crippen LogP contribution in [0.25, 0.3) is 54.5 Å². The van der Waals surface area contributed by atoms with Crippen molar-refractivity contribution in [3.63, 3.8) is 0 Å². The summed E-state index contributed by atoms with van der Waals surface area (Å²) in [5, 5.41) is 3.17. The van der Waals surface area contributed by atoms with Crippen molar-refractivity contribution in [3.8, 4) is 39.4 Å². The summed E-state index contributed by atoms with van der Waals surface area (Å²) in [7, 11) is 0. The maximum atomic E-state index is 13.2. The molecule has 3 aromatic heterocycles. The second kappa shape index (κ2) is 10.2. The summed E-state index contributed by atoms with van der Waals surface area (Å²) in [5.41, 5.74) is 11.4. The van der Waals surface area contributed by atoms with Crippen LogP contribution in [0.3, 0.4) is 0 Å². The Balaban J connectivity index is 1.68. The number of aromatic nitrogens is 2. The molecule has 5 nitrogen and oxygen atoms in total. The minimum atomic E-state index is -5.18. The highest BCUT2D eigenvalue weighted by Crippen LogP contribution is 2.42. The topological polar surface area (TPSA) is 78.1 Å². The van der Waals surface area contributed by atoms with Crippen LogP contribution >= 0.6 is 11.3 Å². The quantitative estimate of drug-likeness (QED) is 0.220. The fourth-order valence-electron chi connectivity index (χ4n) is 4.62. The number of carbonyl (C=O) groups is 1. The molecule has 0 saturated heterocycles. The Morgan fingerprint density at radius 1 is 0.875 bits per heavy atom. The molecule has 0 unspecified atom stereocenters. The molecule has 0 radical (unpaired) electrons. The van der Waals surface area contributed by atoms with Gasteiger partial charge in [0.2, 0.25) is 5.88 Å². The molecule has 0 saturated carbocycles. The lowest BCUT2D eigenvalue weighted by molar-refractivity contribution is -0.189. The van der Waals surface area contributed by atoms with Gasteiger partial charge >= 0.3 is 12.1 Å². The zero-order valence-electron chi connectivity index (χ0n) is 20.8. The summed E-state index contributed by atoms with van der Waals surface area (Å²) in [5.74, 6) is -2.81. The first-order valence-electron chi connectivity index (χ1n) is 12.3. The third-order valence-electron chi connectivity index (χ3n) is 6.56. The van der Waals surface area contributed by atoms with Gasteiger partial charge in [-0.2, -0.15) is 13.2 Å². The van der Waals surface area contributed by atoms with Gasteiger partial charge in [0, 0.05) is 39.7 Å². The second-order valence-electron chi connectivity index (χ2n) is 9.06. The van der Waals surface area contributed by atoms with E-state index < -0.39 is 18.0 Å². The van der Waals surface area contributed by atoms with Crippen LogP contribution in [0.15, 0.2) is 96.5 Å². The smallest absolute Gasteiger partial charge is 0.400 e. The van der Waals surface area contributed by atoms with Gasteiger partial charge in [-0.25, -0.2) is 14.8 Å². The van der Waals surface area contributed by atoms with Gasteiger partial charge in [0.15, 0.2) is 0 Å². The largest absolute Gasteiger partial charge is 0.491 e. The number of hydrogen-bond donors (Lipinski definition) is 1. The molecule has 3 aromatic carbocycles. The number of fused-ring (bicyclic) bond motifs is 2. The molecule has 2 N–H and O–H groups in total. The van der Waals surface area contributed by atoms with Gasteiger partial charge in [0.05, 0.1) is 16.6 Å². The Kier molecular flexibility index (Phi) is 6.53. The molecule has 0 fully saturated rings. The molecule has 0 aliphatic carbocycles. The summed E-state index contributed by atoms with van der Waals surface area (Å²) in [6.45, 7) is 0.380. The fraction of sp³-hybridized carbons (Fsp3) is 0.0645. The summed E-state index contributed by atoms with van der Waals surface area (Å²) in [4.78, 5) is 21.1. The number of pyridine rings is 2. The third kappa shape index (κ3) is 4.70. The lowest BCUT2D eigenvalue weighted by atomic mass is 9.95. The van der Waals surface area contributed by atoms with E-state index in [2.05, 4.69) is 4.98 Å². The zero-order chi connectivity index (χ0) is 27.9. The van der Waals surface area contributed by atoms with Crippen molar-refractivity contribution < 1.29 is 22.7 Å². The molecule has 0 bridgehead atoms. The minimum absolute atomic E-state index is 0.185. The van der Waals surface area contributed by atoms with Crippen molar-refractivity contribution in [1.29, 1.82) is 0 Å². The second-order valence-corrected chi connectivity index (χ2v) is 9.97. The van der Waals surface area contributed by atoms with Crippen molar-refractivity contribution in [2.75, 3.05) is 0 Å². The van der Waals surface area contributed by atoms with E-state index in [4.69, 9.17) is 15.5 Å². The zero-order valence-corrected chi connectivity index (χ0v) is 21.6.